The van der Waals surface area contributed by atoms with E-state index in [1.807, 2.05) is 30.3 Å². The lowest BCUT2D eigenvalue weighted by Crippen LogP contribution is -2.23. The summed E-state index contributed by atoms with van der Waals surface area (Å²) in [5.41, 5.74) is 1.03. The van der Waals surface area contributed by atoms with Crippen LogP contribution in [0, 0.1) is 11.6 Å². The minimum absolute atomic E-state index is 0.204. The van der Waals surface area contributed by atoms with Crippen molar-refractivity contribution in [1.29, 1.82) is 0 Å². The normalized spacial score (nSPS) is 12.0. The SMILES string of the molecule is CC(SCc1nnnn1-c1ccccc1)C(=O)Nc1ccc(F)c(F)c1. The van der Waals surface area contributed by atoms with Gasteiger partial charge >= 0.3 is 0 Å². The largest absolute Gasteiger partial charge is 0.325 e. The van der Waals surface area contributed by atoms with E-state index >= 15 is 0 Å². The van der Waals surface area contributed by atoms with Crippen LogP contribution in [0.15, 0.2) is 48.5 Å². The first-order chi connectivity index (χ1) is 12.5. The number of benzene rings is 2. The van der Waals surface area contributed by atoms with Crippen molar-refractivity contribution in [2.24, 2.45) is 0 Å². The van der Waals surface area contributed by atoms with Crippen molar-refractivity contribution in [2.75, 3.05) is 5.32 Å². The molecule has 0 aliphatic heterocycles. The number of nitrogens with zero attached hydrogens (tertiary/aromatic N) is 4. The number of tetrazole rings is 1. The first-order valence-corrected chi connectivity index (χ1v) is 8.79. The number of nitrogens with one attached hydrogen (secondary N) is 1. The molecule has 1 aromatic heterocycles. The van der Waals surface area contributed by atoms with Gasteiger partial charge in [-0.2, -0.15) is 4.68 Å². The number of anilines is 1. The smallest absolute Gasteiger partial charge is 0.237 e. The number of hydrogen-bond acceptors (Lipinski definition) is 5. The Labute approximate surface area is 152 Å². The Kier molecular flexibility index (Phi) is 5.57. The predicted molar refractivity (Wildman–Crippen MR) is 94.9 cm³/mol. The van der Waals surface area contributed by atoms with Crippen LogP contribution >= 0.6 is 11.8 Å². The lowest BCUT2D eigenvalue weighted by Gasteiger charge is -2.12. The molecule has 26 heavy (non-hydrogen) atoms. The monoisotopic (exact) mass is 375 g/mol. The molecule has 0 bridgehead atoms. The Balaban J connectivity index is 1.60. The maximum absolute atomic E-state index is 13.2. The number of halogens is 2. The van der Waals surface area contributed by atoms with Crippen LogP contribution in [-0.4, -0.2) is 31.4 Å². The van der Waals surface area contributed by atoms with E-state index in [0.717, 1.165) is 17.8 Å². The van der Waals surface area contributed by atoms with Crippen LogP contribution in [0.25, 0.3) is 5.69 Å². The molecule has 0 radical (unpaired) electrons. The molecule has 134 valence electrons. The van der Waals surface area contributed by atoms with E-state index in [9.17, 15) is 13.6 Å². The van der Waals surface area contributed by atoms with Gasteiger partial charge in [0.25, 0.3) is 0 Å². The lowest BCUT2D eigenvalue weighted by atomic mass is 10.3. The Hall–Kier alpha value is -2.81. The number of amides is 1. The zero-order valence-electron chi connectivity index (χ0n) is 13.8. The standard InChI is InChI=1S/C17H15F2N5OS/c1-11(17(25)20-12-7-8-14(18)15(19)9-12)26-10-16-21-22-23-24(16)13-5-3-2-4-6-13/h2-9,11H,10H2,1H3,(H,20,25). The van der Waals surface area contributed by atoms with Crippen molar-refractivity contribution in [3.05, 3.63) is 66.0 Å². The molecule has 1 atom stereocenters. The molecule has 0 aliphatic carbocycles. The molecule has 0 spiro atoms. The summed E-state index contributed by atoms with van der Waals surface area (Å²) in [5.74, 6) is -1.27. The molecule has 3 rings (SSSR count). The lowest BCUT2D eigenvalue weighted by molar-refractivity contribution is -0.115. The second-order valence-electron chi connectivity index (χ2n) is 5.41. The van der Waals surface area contributed by atoms with Crippen LogP contribution in [-0.2, 0) is 10.5 Å². The average molecular weight is 375 g/mol. The zero-order chi connectivity index (χ0) is 18.5. The summed E-state index contributed by atoms with van der Waals surface area (Å²) >= 11 is 1.33. The highest BCUT2D eigenvalue weighted by Gasteiger charge is 2.17. The average Bonchev–Trinajstić information content (AvgIpc) is 3.12. The topological polar surface area (TPSA) is 72.7 Å². The number of para-hydroxylation sites is 1. The summed E-state index contributed by atoms with van der Waals surface area (Å²) in [5, 5.41) is 13.7. The predicted octanol–water partition coefficient (Wildman–Crippen LogP) is 3.20. The van der Waals surface area contributed by atoms with E-state index in [1.165, 1.54) is 17.8 Å². The fraction of sp³-hybridized carbons (Fsp3) is 0.176. The highest BCUT2D eigenvalue weighted by atomic mass is 32.2. The molecule has 1 N–H and O–H groups in total. The van der Waals surface area contributed by atoms with Gasteiger partial charge < -0.3 is 5.32 Å². The van der Waals surface area contributed by atoms with Gasteiger partial charge in [0.2, 0.25) is 5.91 Å². The molecule has 9 heteroatoms. The van der Waals surface area contributed by atoms with E-state index in [4.69, 9.17) is 0 Å². The van der Waals surface area contributed by atoms with Gasteiger partial charge in [-0.15, -0.1) is 16.9 Å². The number of hydrogen-bond donors (Lipinski definition) is 1. The van der Waals surface area contributed by atoms with Crippen molar-refractivity contribution >= 4 is 23.4 Å². The summed E-state index contributed by atoms with van der Waals surface area (Å²) in [7, 11) is 0. The van der Waals surface area contributed by atoms with Crippen LogP contribution < -0.4 is 5.32 Å². The van der Waals surface area contributed by atoms with Gasteiger partial charge in [-0.05, 0) is 41.6 Å². The Bertz CT molecular complexity index is 903. The van der Waals surface area contributed by atoms with Crippen LogP contribution in [0.4, 0.5) is 14.5 Å². The fourth-order valence-corrected chi connectivity index (χ4v) is 2.95. The van der Waals surface area contributed by atoms with Gasteiger partial charge in [-0.3, -0.25) is 4.79 Å². The van der Waals surface area contributed by atoms with Gasteiger partial charge in [0.1, 0.15) is 0 Å². The molecule has 0 saturated heterocycles. The number of aromatic nitrogens is 4. The third-order valence-corrected chi connectivity index (χ3v) is 4.69. The molecule has 1 unspecified atom stereocenters. The van der Waals surface area contributed by atoms with Crippen LogP contribution in [0.3, 0.4) is 0 Å². The molecule has 2 aromatic carbocycles. The van der Waals surface area contributed by atoms with Crippen LogP contribution in [0.5, 0.6) is 0 Å². The summed E-state index contributed by atoms with van der Waals surface area (Å²) in [6, 6.07) is 12.6. The first kappa shape index (κ1) is 18.0. The summed E-state index contributed by atoms with van der Waals surface area (Å²) in [4.78, 5) is 12.2. The highest BCUT2D eigenvalue weighted by Crippen LogP contribution is 2.20. The number of carbonyl (C=O) groups excluding carboxylic acids is 1. The Morgan fingerprint density at radius 3 is 2.69 bits per heavy atom. The quantitative estimate of drug-likeness (QED) is 0.716. The van der Waals surface area contributed by atoms with Crippen molar-refractivity contribution in [3.63, 3.8) is 0 Å². The molecule has 3 aromatic rings. The minimum Gasteiger partial charge on any atom is -0.325 e. The third kappa shape index (κ3) is 4.23. The maximum Gasteiger partial charge on any atom is 0.237 e. The molecular weight excluding hydrogens is 360 g/mol. The maximum atomic E-state index is 13.2. The van der Waals surface area contributed by atoms with Crippen LogP contribution in [0.1, 0.15) is 12.7 Å². The summed E-state index contributed by atoms with van der Waals surface area (Å²) in [6.45, 7) is 1.72. The molecular formula is C17H15F2N5OS. The Morgan fingerprint density at radius 2 is 1.96 bits per heavy atom. The van der Waals surface area contributed by atoms with Crippen molar-refractivity contribution in [2.45, 2.75) is 17.9 Å². The second-order valence-corrected chi connectivity index (χ2v) is 6.74. The fourth-order valence-electron chi connectivity index (χ4n) is 2.16. The van der Waals surface area contributed by atoms with Crippen LogP contribution in [0.2, 0.25) is 0 Å². The number of rotatable bonds is 6. The molecule has 1 amide bonds. The van der Waals surface area contributed by atoms with Gasteiger partial charge in [0, 0.05) is 11.8 Å². The number of thioether (sulfide) groups is 1. The number of carbonyl (C=O) groups is 1. The van der Waals surface area contributed by atoms with Gasteiger partial charge in [-0.25, -0.2) is 8.78 Å². The van der Waals surface area contributed by atoms with Gasteiger partial charge in [0.15, 0.2) is 17.5 Å². The second kappa shape index (κ2) is 8.05. The summed E-state index contributed by atoms with van der Waals surface area (Å²) < 4.78 is 27.8. The van der Waals surface area contributed by atoms with E-state index in [1.54, 1.807) is 11.6 Å². The molecule has 1 heterocycles. The van der Waals surface area contributed by atoms with Gasteiger partial charge in [-0.1, -0.05) is 18.2 Å². The van der Waals surface area contributed by atoms with E-state index in [0.29, 0.717) is 11.6 Å². The Morgan fingerprint density at radius 1 is 1.19 bits per heavy atom. The first-order valence-electron chi connectivity index (χ1n) is 7.75. The van der Waals surface area contributed by atoms with E-state index < -0.39 is 16.9 Å². The molecule has 0 aliphatic rings. The highest BCUT2D eigenvalue weighted by molar-refractivity contribution is 7.99. The molecule has 0 fully saturated rings. The van der Waals surface area contributed by atoms with E-state index in [-0.39, 0.29) is 11.6 Å². The molecule has 0 saturated carbocycles. The third-order valence-electron chi connectivity index (χ3n) is 3.55. The van der Waals surface area contributed by atoms with Crippen molar-refractivity contribution < 1.29 is 13.6 Å². The summed E-state index contributed by atoms with van der Waals surface area (Å²) in [6.07, 6.45) is 0. The van der Waals surface area contributed by atoms with Crippen molar-refractivity contribution in [1.82, 2.24) is 20.2 Å². The minimum atomic E-state index is -1.01. The van der Waals surface area contributed by atoms with Crippen molar-refractivity contribution in [3.8, 4) is 5.69 Å². The van der Waals surface area contributed by atoms with E-state index in [2.05, 4.69) is 20.8 Å². The van der Waals surface area contributed by atoms with Gasteiger partial charge in [0.05, 0.1) is 16.7 Å². The molecule has 6 nitrogen and oxygen atoms in total. The zero-order valence-corrected chi connectivity index (χ0v) is 14.6.